The van der Waals surface area contributed by atoms with Crippen LogP contribution in [0.25, 0.3) is 5.65 Å². The maximum atomic E-state index is 12.3. The molecule has 0 saturated carbocycles. The van der Waals surface area contributed by atoms with Crippen LogP contribution in [0.5, 0.6) is 0 Å². The van der Waals surface area contributed by atoms with Gasteiger partial charge in [0.1, 0.15) is 5.56 Å². The average molecular weight is 260 g/mol. The highest BCUT2D eigenvalue weighted by molar-refractivity contribution is 6.00. The zero-order valence-corrected chi connectivity index (χ0v) is 11.0. The Labute approximate surface area is 110 Å². The van der Waals surface area contributed by atoms with Crippen molar-refractivity contribution in [3.8, 4) is 0 Å². The molecule has 1 saturated heterocycles. The summed E-state index contributed by atoms with van der Waals surface area (Å²) in [5.74, 6) is 0.152. The van der Waals surface area contributed by atoms with Crippen LogP contribution in [0.4, 0.5) is 0 Å². The number of aromatic nitrogens is 3. The molecule has 1 amide bonds. The summed E-state index contributed by atoms with van der Waals surface area (Å²) in [6.45, 7) is 5.19. The molecule has 3 rings (SSSR count). The van der Waals surface area contributed by atoms with Crippen molar-refractivity contribution in [1.29, 1.82) is 0 Å². The molecule has 3 heterocycles. The summed E-state index contributed by atoms with van der Waals surface area (Å²) in [6, 6.07) is 1.93. The van der Waals surface area contributed by atoms with E-state index >= 15 is 0 Å². The maximum absolute atomic E-state index is 12.3. The van der Waals surface area contributed by atoms with Crippen LogP contribution >= 0.6 is 0 Å². The Bertz CT molecular complexity index is 643. The molecule has 2 aromatic heterocycles. The molecule has 1 aliphatic heterocycles. The Hall–Kier alpha value is -1.95. The minimum absolute atomic E-state index is 0.0581. The molecule has 1 aliphatic rings. The number of hydrogen-bond donors (Lipinski definition) is 1. The Balaban J connectivity index is 1.95. The lowest BCUT2D eigenvalue weighted by Crippen LogP contribution is -2.51. The lowest BCUT2D eigenvalue weighted by atomic mass is 10.0. The maximum Gasteiger partial charge on any atom is 0.259 e. The van der Waals surface area contributed by atoms with E-state index in [1.54, 1.807) is 15.6 Å². The Morgan fingerprint density at radius 1 is 1.47 bits per heavy atom. The fraction of sp³-hybridized carbons (Fsp3) is 0.462. The van der Waals surface area contributed by atoms with E-state index in [0.717, 1.165) is 11.4 Å². The van der Waals surface area contributed by atoms with Gasteiger partial charge >= 0.3 is 0 Å². The average Bonchev–Trinajstić information content (AvgIpc) is 2.71. The van der Waals surface area contributed by atoms with Gasteiger partial charge < -0.3 is 10.0 Å². The largest absolute Gasteiger partial charge is 0.396 e. The van der Waals surface area contributed by atoms with E-state index in [1.165, 1.54) is 0 Å². The van der Waals surface area contributed by atoms with Gasteiger partial charge in [-0.3, -0.25) is 4.79 Å². The summed E-state index contributed by atoms with van der Waals surface area (Å²) >= 11 is 0. The molecule has 19 heavy (non-hydrogen) atoms. The van der Waals surface area contributed by atoms with Crippen molar-refractivity contribution in [3.05, 3.63) is 29.2 Å². The molecule has 0 unspecified atom stereocenters. The lowest BCUT2D eigenvalue weighted by Gasteiger charge is -2.37. The summed E-state index contributed by atoms with van der Waals surface area (Å²) in [5, 5.41) is 13.2. The first-order valence-corrected chi connectivity index (χ1v) is 6.32. The lowest BCUT2D eigenvalue weighted by molar-refractivity contribution is 0.0363. The van der Waals surface area contributed by atoms with Crippen molar-refractivity contribution in [2.24, 2.45) is 5.92 Å². The second-order valence-electron chi connectivity index (χ2n) is 5.09. The molecular formula is C13H16N4O2. The molecule has 2 aromatic rings. The fourth-order valence-electron chi connectivity index (χ4n) is 2.44. The van der Waals surface area contributed by atoms with Gasteiger partial charge in [-0.25, -0.2) is 9.50 Å². The van der Waals surface area contributed by atoms with Gasteiger partial charge in [-0.05, 0) is 19.9 Å². The monoisotopic (exact) mass is 260 g/mol. The van der Waals surface area contributed by atoms with Crippen molar-refractivity contribution in [2.45, 2.75) is 13.8 Å². The van der Waals surface area contributed by atoms with Gasteiger partial charge in [0.15, 0.2) is 5.65 Å². The molecule has 0 spiro atoms. The third-order valence-corrected chi connectivity index (χ3v) is 3.51. The number of carbonyl (C=O) groups is 1. The molecule has 0 radical (unpaired) electrons. The summed E-state index contributed by atoms with van der Waals surface area (Å²) in [5.41, 5.74) is 2.97. The quantitative estimate of drug-likeness (QED) is 0.849. The number of fused-ring (bicyclic) bond motifs is 1. The Morgan fingerprint density at radius 2 is 2.21 bits per heavy atom. The van der Waals surface area contributed by atoms with Crippen LogP contribution in [-0.4, -0.2) is 50.2 Å². The van der Waals surface area contributed by atoms with Crippen LogP contribution < -0.4 is 0 Å². The minimum atomic E-state index is -0.0581. The van der Waals surface area contributed by atoms with Gasteiger partial charge in [0, 0.05) is 37.0 Å². The van der Waals surface area contributed by atoms with E-state index < -0.39 is 0 Å². The van der Waals surface area contributed by atoms with E-state index in [2.05, 4.69) is 10.1 Å². The van der Waals surface area contributed by atoms with Gasteiger partial charge in [-0.2, -0.15) is 5.10 Å². The first kappa shape index (κ1) is 12.1. The molecule has 0 aliphatic carbocycles. The van der Waals surface area contributed by atoms with Crippen LogP contribution in [0.15, 0.2) is 12.3 Å². The van der Waals surface area contributed by atoms with Crippen molar-refractivity contribution >= 4 is 11.6 Å². The zero-order valence-electron chi connectivity index (χ0n) is 11.0. The summed E-state index contributed by atoms with van der Waals surface area (Å²) in [7, 11) is 0. The first-order valence-electron chi connectivity index (χ1n) is 6.32. The number of aliphatic hydroxyl groups is 1. The summed E-state index contributed by atoms with van der Waals surface area (Å²) in [6.07, 6.45) is 1.57. The fourth-order valence-corrected chi connectivity index (χ4v) is 2.44. The SMILES string of the molecule is Cc1cc(C)n2ncc(C(=O)N3CC(CO)C3)c2n1. The molecule has 100 valence electrons. The number of rotatable bonds is 2. The predicted octanol–water partition coefficient (Wildman–Crippen LogP) is 0.410. The number of amides is 1. The Kier molecular flexibility index (Phi) is 2.74. The number of aryl methyl sites for hydroxylation is 2. The molecule has 0 atom stereocenters. The van der Waals surface area contributed by atoms with E-state index in [1.807, 2.05) is 19.9 Å². The van der Waals surface area contributed by atoms with Crippen molar-refractivity contribution < 1.29 is 9.90 Å². The third kappa shape index (κ3) is 1.88. The van der Waals surface area contributed by atoms with Crippen LogP contribution in [0.3, 0.4) is 0 Å². The molecule has 6 heteroatoms. The second kappa shape index (κ2) is 4.31. The molecule has 0 aromatic carbocycles. The van der Waals surface area contributed by atoms with Gasteiger partial charge in [0.25, 0.3) is 5.91 Å². The normalized spacial score (nSPS) is 15.8. The number of hydrogen-bond acceptors (Lipinski definition) is 4. The van der Waals surface area contributed by atoms with Crippen LogP contribution in [0, 0.1) is 19.8 Å². The number of likely N-dealkylation sites (tertiary alicyclic amines) is 1. The van der Waals surface area contributed by atoms with Crippen LogP contribution in [-0.2, 0) is 0 Å². The van der Waals surface area contributed by atoms with E-state index in [0.29, 0.717) is 24.3 Å². The van der Waals surface area contributed by atoms with Crippen molar-refractivity contribution in [3.63, 3.8) is 0 Å². The highest BCUT2D eigenvalue weighted by Crippen LogP contribution is 2.20. The zero-order chi connectivity index (χ0) is 13.6. The van der Waals surface area contributed by atoms with Gasteiger partial charge in [0.05, 0.1) is 6.20 Å². The summed E-state index contributed by atoms with van der Waals surface area (Å²) in [4.78, 5) is 18.5. The number of carbonyl (C=O) groups excluding carboxylic acids is 1. The molecular weight excluding hydrogens is 244 g/mol. The van der Waals surface area contributed by atoms with Gasteiger partial charge in [0.2, 0.25) is 0 Å². The Morgan fingerprint density at radius 3 is 2.89 bits per heavy atom. The van der Waals surface area contributed by atoms with Crippen LogP contribution in [0.1, 0.15) is 21.7 Å². The standard InChI is InChI=1S/C13H16N4O2/c1-8-3-9(2)17-12(15-8)11(4-14-17)13(19)16-5-10(6-16)7-18/h3-4,10,18H,5-7H2,1-2H3. The molecule has 0 bridgehead atoms. The highest BCUT2D eigenvalue weighted by Gasteiger charge is 2.32. The van der Waals surface area contributed by atoms with Crippen molar-refractivity contribution in [2.75, 3.05) is 19.7 Å². The highest BCUT2D eigenvalue weighted by atomic mass is 16.3. The van der Waals surface area contributed by atoms with E-state index in [-0.39, 0.29) is 18.4 Å². The molecule has 1 N–H and O–H groups in total. The molecule has 1 fully saturated rings. The summed E-state index contributed by atoms with van der Waals surface area (Å²) < 4.78 is 1.68. The van der Waals surface area contributed by atoms with Gasteiger partial charge in [-0.15, -0.1) is 0 Å². The van der Waals surface area contributed by atoms with Crippen molar-refractivity contribution in [1.82, 2.24) is 19.5 Å². The van der Waals surface area contributed by atoms with E-state index in [4.69, 9.17) is 5.11 Å². The van der Waals surface area contributed by atoms with Crippen LogP contribution in [0.2, 0.25) is 0 Å². The topological polar surface area (TPSA) is 70.7 Å². The second-order valence-corrected chi connectivity index (χ2v) is 5.09. The molecule has 6 nitrogen and oxygen atoms in total. The predicted molar refractivity (Wildman–Crippen MR) is 68.9 cm³/mol. The van der Waals surface area contributed by atoms with Gasteiger partial charge in [-0.1, -0.05) is 0 Å². The van der Waals surface area contributed by atoms with E-state index in [9.17, 15) is 4.79 Å². The third-order valence-electron chi connectivity index (χ3n) is 3.51. The number of nitrogens with zero attached hydrogens (tertiary/aromatic N) is 4. The minimum Gasteiger partial charge on any atom is -0.396 e. The smallest absolute Gasteiger partial charge is 0.259 e. The first-order chi connectivity index (χ1) is 9.10. The number of aliphatic hydroxyl groups excluding tert-OH is 1.